The van der Waals surface area contributed by atoms with Gasteiger partial charge in [0.15, 0.2) is 0 Å². The molecule has 102 valence electrons. The second-order valence-corrected chi connectivity index (χ2v) is 4.89. The van der Waals surface area contributed by atoms with Crippen LogP contribution in [0.3, 0.4) is 0 Å². The van der Waals surface area contributed by atoms with Crippen molar-refractivity contribution in [2.75, 3.05) is 11.9 Å². The number of aryl methyl sites for hydroxylation is 1. The predicted octanol–water partition coefficient (Wildman–Crippen LogP) is 1.51. The molecule has 0 saturated heterocycles. The van der Waals surface area contributed by atoms with E-state index in [1.807, 2.05) is 25.2 Å². The second-order valence-electron chi connectivity index (χ2n) is 4.89. The van der Waals surface area contributed by atoms with Crippen molar-refractivity contribution in [3.8, 4) is 11.3 Å². The summed E-state index contributed by atoms with van der Waals surface area (Å²) in [7, 11) is 1.82. The molecular weight excluding hydrogens is 252 g/mol. The van der Waals surface area contributed by atoms with E-state index in [0.717, 1.165) is 29.1 Å². The third kappa shape index (κ3) is 2.16. The molecule has 0 spiro atoms. The minimum atomic E-state index is 0.165. The molecular formula is C15H16N4O. The van der Waals surface area contributed by atoms with Crippen molar-refractivity contribution >= 4 is 11.6 Å². The second kappa shape index (κ2) is 5.02. The van der Waals surface area contributed by atoms with E-state index in [-0.39, 0.29) is 5.91 Å². The number of fused-ring (bicyclic) bond motifs is 1. The molecule has 1 amide bonds. The van der Waals surface area contributed by atoms with Gasteiger partial charge in [-0.3, -0.25) is 4.79 Å². The van der Waals surface area contributed by atoms with E-state index < -0.39 is 0 Å². The van der Waals surface area contributed by atoms with Gasteiger partial charge in [-0.2, -0.15) is 0 Å². The molecule has 1 aliphatic heterocycles. The average molecular weight is 268 g/mol. The minimum absolute atomic E-state index is 0.165. The maximum Gasteiger partial charge on any atom is 0.227 e. The highest BCUT2D eigenvalue weighted by Crippen LogP contribution is 2.30. The molecule has 1 aromatic heterocycles. The van der Waals surface area contributed by atoms with E-state index in [4.69, 9.17) is 5.73 Å². The molecule has 2 heterocycles. The first-order valence-electron chi connectivity index (χ1n) is 6.60. The summed E-state index contributed by atoms with van der Waals surface area (Å²) in [6.45, 7) is 0.400. The lowest BCUT2D eigenvalue weighted by molar-refractivity contribution is -0.118. The fourth-order valence-corrected chi connectivity index (χ4v) is 2.48. The number of amides is 1. The summed E-state index contributed by atoms with van der Waals surface area (Å²) >= 11 is 0. The number of anilines is 1. The number of carbonyl (C=O) groups is 1. The number of carbonyl (C=O) groups excluding carboxylic acids is 1. The van der Waals surface area contributed by atoms with Crippen LogP contribution in [-0.2, 0) is 17.8 Å². The number of hydrogen-bond donors (Lipinski definition) is 1. The van der Waals surface area contributed by atoms with Crippen LogP contribution in [-0.4, -0.2) is 22.9 Å². The summed E-state index contributed by atoms with van der Waals surface area (Å²) in [6, 6.07) is 7.96. The van der Waals surface area contributed by atoms with Crippen LogP contribution < -0.4 is 10.6 Å². The fourth-order valence-electron chi connectivity index (χ4n) is 2.48. The lowest BCUT2D eigenvalue weighted by atomic mass is 9.98. The molecule has 0 radical (unpaired) electrons. The van der Waals surface area contributed by atoms with Crippen LogP contribution in [0, 0.1) is 0 Å². The maximum absolute atomic E-state index is 11.7. The molecule has 20 heavy (non-hydrogen) atoms. The molecule has 2 N–H and O–H groups in total. The molecule has 5 nitrogen and oxygen atoms in total. The zero-order chi connectivity index (χ0) is 14.1. The van der Waals surface area contributed by atoms with Crippen molar-refractivity contribution in [2.24, 2.45) is 5.73 Å². The van der Waals surface area contributed by atoms with E-state index in [1.165, 1.54) is 11.9 Å². The molecule has 2 aromatic rings. The van der Waals surface area contributed by atoms with Crippen LogP contribution in [0.1, 0.15) is 17.7 Å². The fraction of sp³-hybridized carbons (Fsp3) is 0.267. The number of hydrogen-bond acceptors (Lipinski definition) is 4. The summed E-state index contributed by atoms with van der Waals surface area (Å²) in [5.41, 5.74) is 10.5. The zero-order valence-corrected chi connectivity index (χ0v) is 11.3. The summed E-state index contributed by atoms with van der Waals surface area (Å²) in [4.78, 5) is 21.8. The Balaban J connectivity index is 2.02. The number of nitrogens with zero attached hydrogens (tertiary/aromatic N) is 3. The minimum Gasteiger partial charge on any atom is -0.325 e. The molecule has 1 aromatic carbocycles. The molecule has 0 saturated carbocycles. The Kier molecular flexibility index (Phi) is 3.20. The molecule has 0 atom stereocenters. The Labute approximate surface area is 117 Å². The van der Waals surface area contributed by atoms with Gasteiger partial charge in [0.25, 0.3) is 0 Å². The van der Waals surface area contributed by atoms with Crippen molar-refractivity contribution in [3.63, 3.8) is 0 Å². The molecule has 0 bridgehead atoms. The van der Waals surface area contributed by atoms with Gasteiger partial charge >= 0.3 is 0 Å². The van der Waals surface area contributed by atoms with Gasteiger partial charge in [-0.05, 0) is 30.2 Å². The quantitative estimate of drug-likeness (QED) is 0.896. The van der Waals surface area contributed by atoms with Gasteiger partial charge in [0.2, 0.25) is 5.91 Å². The van der Waals surface area contributed by atoms with Gasteiger partial charge in [-0.15, -0.1) is 0 Å². The van der Waals surface area contributed by atoms with Crippen LogP contribution in [0.4, 0.5) is 5.69 Å². The van der Waals surface area contributed by atoms with Crippen LogP contribution in [0.2, 0.25) is 0 Å². The number of benzene rings is 1. The molecule has 0 aliphatic carbocycles. The van der Waals surface area contributed by atoms with Gasteiger partial charge in [-0.25, -0.2) is 9.97 Å². The van der Waals surface area contributed by atoms with Gasteiger partial charge in [0.1, 0.15) is 6.33 Å². The van der Waals surface area contributed by atoms with Crippen LogP contribution in [0.5, 0.6) is 0 Å². The average Bonchev–Trinajstić information content (AvgIpc) is 2.51. The third-order valence-electron chi connectivity index (χ3n) is 3.65. The summed E-state index contributed by atoms with van der Waals surface area (Å²) in [5.74, 6) is 0.165. The molecule has 0 fully saturated rings. The van der Waals surface area contributed by atoms with Gasteiger partial charge in [-0.1, -0.05) is 6.07 Å². The van der Waals surface area contributed by atoms with Gasteiger partial charge in [0.05, 0.1) is 11.4 Å². The monoisotopic (exact) mass is 268 g/mol. The van der Waals surface area contributed by atoms with Crippen molar-refractivity contribution in [3.05, 3.63) is 41.9 Å². The normalized spacial score (nSPS) is 14.3. The summed E-state index contributed by atoms with van der Waals surface area (Å²) in [5, 5.41) is 0. The Morgan fingerprint density at radius 2 is 2.10 bits per heavy atom. The zero-order valence-electron chi connectivity index (χ0n) is 11.3. The van der Waals surface area contributed by atoms with Gasteiger partial charge < -0.3 is 10.6 Å². The Hall–Kier alpha value is -2.27. The van der Waals surface area contributed by atoms with E-state index in [1.54, 1.807) is 4.90 Å². The van der Waals surface area contributed by atoms with E-state index in [2.05, 4.69) is 16.0 Å². The predicted molar refractivity (Wildman–Crippen MR) is 77.1 cm³/mol. The van der Waals surface area contributed by atoms with Gasteiger partial charge in [0, 0.05) is 31.3 Å². The molecule has 3 rings (SSSR count). The van der Waals surface area contributed by atoms with E-state index >= 15 is 0 Å². The van der Waals surface area contributed by atoms with Crippen molar-refractivity contribution in [1.29, 1.82) is 0 Å². The highest BCUT2D eigenvalue weighted by atomic mass is 16.2. The molecule has 1 aliphatic rings. The molecule has 5 heteroatoms. The summed E-state index contributed by atoms with van der Waals surface area (Å²) < 4.78 is 0. The lowest BCUT2D eigenvalue weighted by Gasteiger charge is -2.26. The van der Waals surface area contributed by atoms with Crippen LogP contribution in [0.15, 0.2) is 30.6 Å². The molecule has 0 unspecified atom stereocenters. The third-order valence-corrected chi connectivity index (χ3v) is 3.65. The van der Waals surface area contributed by atoms with Crippen LogP contribution in [0.25, 0.3) is 11.3 Å². The van der Waals surface area contributed by atoms with E-state index in [0.29, 0.717) is 13.0 Å². The van der Waals surface area contributed by atoms with E-state index in [9.17, 15) is 4.79 Å². The Morgan fingerprint density at radius 3 is 2.90 bits per heavy atom. The number of nitrogens with two attached hydrogens (primary N) is 1. The first-order chi connectivity index (χ1) is 9.69. The SMILES string of the molecule is CN1C(=O)CCc2cc(-c3cc(CN)ncn3)ccc21. The highest BCUT2D eigenvalue weighted by molar-refractivity contribution is 5.96. The summed E-state index contributed by atoms with van der Waals surface area (Å²) in [6.07, 6.45) is 2.87. The van der Waals surface area contributed by atoms with Crippen LogP contribution >= 0.6 is 0 Å². The maximum atomic E-state index is 11.7. The standard InChI is InChI=1S/C15H16N4O/c1-19-14-4-2-10(6-11(14)3-5-15(19)20)13-7-12(8-16)17-9-18-13/h2,4,6-7,9H,3,5,8,16H2,1H3. The first-order valence-corrected chi connectivity index (χ1v) is 6.60. The first kappa shape index (κ1) is 12.7. The smallest absolute Gasteiger partial charge is 0.227 e. The van der Waals surface area contributed by atoms with Crippen molar-refractivity contribution < 1.29 is 4.79 Å². The topological polar surface area (TPSA) is 72.1 Å². The van der Waals surface area contributed by atoms with Crippen molar-refractivity contribution in [2.45, 2.75) is 19.4 Å². The largest absolute Gasteiger partial charge is 0.325 e. The number of aromatic nitrogens is 2. The lowest BCUT2D eigenvalue weighted by Crippen LogP contribution is -2.30. The Morgan fingerprint density at radius 1 is 1.25 bits per heavy atom. The van der Waals surface area contributed by atoms with Crippen molar-refractivity contribution in [1.82, 2.24) is 9.97 Å². The highest BCUT2D eigenvalue weighted by Gasteiger charge is 2.21. The Bertz CT molecular complexity index is 669. The number of rotatable bonds is 2.